The molecular formula is C23H24ClNO5. The summed E-state index contributed by atoms with van der Waals surface area (Å²) in [5.41, 5.74) is 4.24. The molecule has 0 aliphatic heterocycles. The number of esters is 1. The number of carboxylic acids is 1. The first kappa shape index (κ1) is 21.7. The molecule has 0 saturated carbocycles. The second kappa shape index (κ2) is 8.79. The van der Waals surface area contributed by atoms with E-state index in [0.29, 0.717) is 23.7 Å². The summed E-state index contributed by atoms with van der Waals surface area (Å²) in [5.74, 6) is -0.973. The number of carboxylic acid groups (broad SMARTS) is 1. The number of aromatic nitrogens is 1. The first-order valence-corrected chi connectivity index (χ1v) is 10.00. The number of hydrogen-bond donors (Lipinski definition) is 1. The lowest BCUT2D eigenvalue weighted by Crippen LogP contribution is -2.27. The SMILES string of the molecule is CC[C@@H](Oc1cc(Cn2c(C)c(C)c3cc(C(=O)O)ccc32)ccc1Cl)C(=O)OC. The summed E-state index contributed by atoms with van der Waals surface area (Å²) in [4.78, 5) is 23.2. The van der Waals surface area contributed by atoms with E-state index in [1.165, 1.54) is 7.11 Å². The number of carbonyl (C=O) groups excluding carboxylic acids is 1. The van der Waals surface area contributed by atoms with Crippen LogP contribution in [0.25, 0.3) is 10.9 Å². The Bertz CT molecular complexity index is 1120. The van der Waals surface area contributed by atoms with Crippen molar-refractivity contribution in [1.29, 1.82) is 0 Å². The van der Waals surface area contributed by atoms with E-state index in [2.05, 4.69) is 4.57 Å². The van der Waals surface area contributed by atoms with E-state index in [1.54, 1.807) is 18.2 Å². The Kier molecular flexibility index (Phi) is 6.37. The van der Waals surface area contributed by atoms with Crippen LogP contribution in [0.4, 0.5) is 0 Å². The van der Waals surface area contributed by atoms with Gasteiger partial charge in [-0.1, -0.05) is 24.6 Å². The van der Waals surface area contributed by atoms with E-state index in [4.69, 9.17) is 21.1 Å². The summed E-state index contributed by atoms with van der Waals surface area (Å²) in [6.07, 6.45) is -0.270. The molecule has 7 heteroatoms. The van der Waals surface area contributed by atoms with Gasteiger partial charge in [0.15, 0.2) is 6.10 Å². The molecule has 0 spiro atoms. The Morgan fingerprint density at radius 3 is 2.53 bits per heavy atom. The number of aryl methyl sites for hydroxylation is 1. The number of fused-ring (bicyclic) bond motifs is 1. The molecule has 1 atom stereocenters. The average Bonchev–Trinajstić information content (AvgIpc) is 2.97. The minimum Gasteiger partial charge on any atom is -0.478 e. The van der Waals surface area contributed by atoms with Crippen molar-refractivity contribution in [2.24, 2.45) is 0 Å². The topological polar surface area (TPSA) is 77.8 Å². The summed E-state index contributed by atoms with van der Waals surface area (Å²) in [5, 5.41) is 10.6. The van der Waals surface area contributed by atoms with Gasteiger partial charge in [-0.3, -0.25) is 0 Å². The van der Waals surface area contributed by atoms with Crippen molar-refractivity contribution in [2.45, 2.75) is 39.8 Å². The van der Waals surface area contributed by atoms with Gasteiger partial charge in [0, 0.05) is 23.1 Å². The van der Waals surface area contributed by atoms with Crippen molar-refractivity contribution in [3.8, 4) is 5.75 Å². The number of carbonyl (C=O) groups is 2. The largest absolute Gasteiger partial charge is 0.478 e. The maximum atomic E-state index is 11.9. The van der Waals surface area contributed by atoms with Crippen molar-refractivity contribution in [1.82, 2.24) is 4.57 Å². The van der Waals surface area contributed by atoms with Gasteiger partial charge in [-0.2, -0.15) is 0 Å². The predicted octanol–water partition coefficient (Wildman–Crippen LogP) is 4.99. The molecule has 6 nitrogen and oxygen atoms in total. The highest BCUT2D eigenvalue weighted by Gasteiger charge is 2.21. The molecule has 0 saturated heterocycles. The summed E-state index contributed by atoms with van der Waals surface area (Å²) in [6, 6.07) is 10.6. The summed E-state index contributed by atoms with van der Waals surface area (Å²) in [7, 11) is 1.32. The quantitative estimate of drug-likeness (QED) is 0.535. The van der Waals surface area contributed by atoms with Crippen molar-refractivity contribution in [3.05, 3.63) is 63.8 Å². The first-order chi connectivity index (χ1) is 14.3. The minimum atomic E-state index is -0.947. The number of benzene rings is 2. The third-order valence-corrected chi connectivity index (χ3v) is 5.64. The van der Waals surface area contributed by atoms with Gasteiger partial charge in [0.2, 0.25) is 0 Å². The second-order valence-electron chi connectivity index (χ2n) is 7.14. The molecule has 0 unspecified atom stereocenters. The Morgan fingerprint density at radius 2 is 1.90 bits per heavy atom. The first-order valence-electron chi connectivity index (χ1n) is 9.62. The molecule has 0 aliphatic rings. The Balaban J connectivity index is 1.97. The van der Waals surface area contributed by atoms with Crippen LogP contribution in [-0.2, 0) is 16.1 Å². The molecule has 2 aromatic carbocycles. The van der Waals surface area contributed by atoms with Crippen LogP contribution < -0.4 is 4.74 Å². The number of aromatic carboxylic acids is 1. The van der Waals surface area contributed by atoms with Crippen molar-refractivity contribution < 1.29 is 24.2 Å². The minimum absolute atomic E-state index is 0.262. The molecule has 0 bridgehead atoms. The molecule has 1 heterocycles. The van der Waals surface area contributed by atoms with Crippen LogP contribution in [0.3, 0.4) is 0 Å². The van der Waals surface area contributed by atoms with Gasteiger partial charge in [-0.15, -0.1) is 0 Å². The highest BCUT2D eigenvalue weighted by Crippen LogP contribution is 2.30. The van der Waals surface area contributed by atoms with Crippen LogP contribution in [0.5, 0.6) is 5.75 Å². The lowest BCUT2D eigenvalue weighted by molar-refractivity contribution is -0.148. The van der Waals surface area contributed by atoms with Crippen molar-refractivity contribution in [3.63, 3.8) is 0 Å². The fourth-order valence-corrected chi connectivity index (χ4v) is 3.65. The lowest BCUT2D eigenvalue weighted by Gasteiger charge is -2.17. The van der Waals surface area contributed by atoms with Crippen molar-refractivity contribution >= 4 is 34.4 Å². The van der Waals surface area contributed by atoms with E-state index >= 15 is 0 Å². The molecule has 0 fully saturated rings. The van der Waals surface area contributed by atoms with E-state index in [0.717, 1.165) is 27.7 Å². The maximum absolute atomic E-state index is 11.9. The third-order valence-electron chi connectivity index (χ3n) is 5.33. The van der Waals surface area contributed by atoms with E-state index < -0.39 is 18.0 Å². The number of halogens is 1. The maximum Gasteiger partial charge on any atom is 0.347 e. The van der Waals surface area contributed by atoms with Crippen molar-refractivity contribution in [2.75, 3.05) is 7.11 Å². The molecular weight excluding hydrogens is 406 g/mol. The molecule has 1 N–H and O–H groups in total. The molecule has 1 aromatic heterocycles. The molecule has 3 rings (SSSR count). The van der Waals surface area contributed by atoms with Gasteiger partial charge < -0.3 is 19.1 Å². The standard InChI is InChI=1S/C23H24ClNO5/c1-5-20(23(28)29-4)30-21-10-15(6-8-18(21)24)12-25-14(3)13(2)17-11-16(22(26)27)7-9-19(17)25/h6-11,20H,5,12H2,1-4H3,(H,26,27)/t20-/m1/s1. The molecule has 0 radical (unpaired) electrons. The van der Waals surface area contributed by atoms with E-state index in [9.17, 15) is 14.7 Å². The highest BCUT2D eigenvalue weighted by molar-refractivity contribution is 6.32. The van der Waals surface area contributed by atoms with Gasteiger partial charge in [0.05, 0.1) is 17.7 Å². The smallest absolute Gasteiger partial charge is 0.347 e. The fourth-order valence-electron chi connectivity index (χ4n) is 3.49. The van der Waals surface area contributed by atoms with Gasteiger partial charge >= 0.3 is 11.9 Å². The number of hydrogen-bond acceptors (Lipinski definition) is 4. The monoisotopic (exact) mass is 429 g/mol. The normalized spacial score (nSPS) is 12.0. The predicted molar refractivity (Wildman–Crippen MR) is 116 cm³/mol. The summed E-state index contributed by atoms with van der Waals surface area (Å²) in [6.45, 7) is 6.37. The van der Waals surface area contributed by atoms with E-state index in [1.807, 2.05) is 39.0 Å². The number of ether oxygens (including phenoxy) is 2. The number of nitrogens with zero attached hydrogens (tertiary/aromatic N) is 1. The molecule has 0 aliphatic carbocycles. The Hall–Kier alpha value is -2.99. The number of rotatable bonds is 7. The zero-order valence-corrected chi connectivity index (χ0v) is 18.1. The Morgan fingerprint density at radius 1 is 1.17 bits per heavy atom. The molecule has 30 heavy (non-hydrogen) atoms. The van der Waals surface area contributed by atoms with Gasteiger partial charge in [0.1, 0.15) is 5.75 Å². The van der Waals surface area contributed by atoms with Crippen LogP contribution >= 0.6 is 11.6 Å². The van der Waals surface area contributed by atoms with Crippen LogP contribution in [0.15, 0.2) is 36.4 Å². The molecule has 158 valence electrons. The van der Waals surface area contributed by atoms with Crippen LogP contribution in [0.2, 0.25) is 5.02 Å². The second-order valence-corrected chi connectivity index (χ2v) is 7.54. The highest BCUT2D eigenvalue weighted by atomic mass is 35.5. The zero-order chi connectivity index (χ0) is 22.0. The molecule has 3 aromatic rings. The average molecular weight is 430 g/mol. The summed E-state index contributed by atoms with van der Waals surface area (Å²) >= 11 is 6.29. The number of methoxy groups -OCH3 is 1. The lowest BCUT2D eigenvalue weighted by atomic mass is 10.1. The van der Waals surface area contributed by atoms with Crippen LogP contribution in [-0.4, -0.2) is 34.8 Å². The molecule has 0 amide bonds. The fraction of sp³-hybridized carbons (Fsp3) is 0.304. The van der Waals surface area contributed by atoms with Crippen LogP contribution in [0, 0.1) is 13.8 Å². The van der Waals surface area contributed by atoms with Gasteiger partial charge in [0.25, 0.3) is 0 Å². The zero-order valence-electron chi connectivity index (χ0n) is 17.4. The third kappa shape index (κ3) is 4.14. The van der Waals surface area contributed by atoms with E-state index in [-0.39, 0.29) is 5.56 Å². The summed E-state index contributed by atoms with van der Waals surface area (Å²) < 4.78 is 12.7. The Labute approximate surface area is 180 Å². The van der Waals surface area contributed by atoms with Gasteiger partial charge in [-0.05, 0) is 61.7 Å². The van der Waals surface area contributed by atoms with Gasteiger partial charge in [-0.25, -0.2) is 9.59 Å². The van der Waals surface area contributed by atoms with Crippen LogP contribution in [0.1, 0.15) is 40.5 Å².